The summed E-state index contributed by atoms with van der Waals surface area (Å²) in [6.45, 7) is 4.37. The van der Waals surface area contributed by atoms with Gasteiger partial charge < -0.3 is 4.98 Å². The fraction of sp³-hybridized carbons (Fsp3) is 0.100. The molecule has 102 valence electrons. The molecule has 21 heavy (non-hydrogen) atoms. The fourth-order valence-corrected chi connectivity index (χ4v) is 3.17. The first-order chi connectivity index (χ1) is 10.2. The van der Waals surface area contributed by atoms with Gasteiger partial charge in [-0.3, -0.25) is 0 Å². The van der Waals surface area contributed by atoms with Crippen molar-refractivity contribution in [1.82, 2.24) is 4.98 Å². The summed E-state index contributed by atoms with van der Waals surface area (Å²) in [4.78, 5) is 3.53. The average molecular weight is 271 g/mol. The van der Waals surface area contributed by atoms with Gasteiger partial charge in [0.2, 0.25) is 0 Å². The number of H-pyrrole nitrogens is 1. The van der Waals surface area contributed by atoms with Crippen molar-refractivity contribution in [2.24, 2.45) is 0 Å². The van der Waals surface area contributed by atoms with Crippen LogP contribution in [0.5, 0.6) is 0 Å². The summed E-state index contributed by atoms with van der Waals surface area (Å²) < 4.78 is 0. The summed E-state index contributed by atoms with van der Waals surface area (Å²) >= 11 is 0. The van der Waals surface area contributed by atoms with E-state index in [0.717, 1.165) is 0 Å². The molecule has 1 nitrogen and oxygen atoms in total. The third-order valence-electron chi connectivity index (χ3n) is 4.29. The van der Waals surface area contributed by atoms with Crippen LogP contribution < -0.4 is 0 Å². The molecule has 1 N–H and O–H groups in total. The minimum Gasteiger partial charge on any atom is -0.354 e. The Balaban J connectivity index is 2.06. The van der Waals surface area contributed by atoms with Gasteiger partial charge in [-0.05, 0) is 54.3 Å². The monoisotopic (exact) mass is 271 g/mol. The van der Waals surface area contributed by atoms with E-state index < -0.39 is 0 Å². The van der Waals surface area contributed by atoms with Crippen LogP contribution in [0.15, 0.2) is 60.7 Å². The highest BCUT2D eigenvalue weighted by Crippen LogP contribution is 2.33. The lowest BCUT2D eigenvalue weighted by molar-refractivity contribution is 1.42. The molecule has 0 amide bonds. The zero-order valence-electron chi connectivity index (χ0n) is 12.3. The second-order valence-electron chi connectivity index (χ2n) is 5.70. The van der Waals surface area contributed by atoms with E-state index in [2.05, 4.69) is 79.5 Å². The number of hydrogen-bond acceptors (Lipinski definition) is 0. The Morgan fingerprint density at radius 2 is 1.38 bits per heavy atom. The molecule has 1 heteroatoms. The molecule has 0 aliphatic heterocycles. The molecule has 4 rings (SSSR count). The summed E-state index contributed by atoms with van der Waals surface area (Å²) in [7, 11) is 0. The normalized spacial score (nSPS) is 11.3. The Labute approximate surface area is 124 Å². The SMILES string of the molecule is Cc1ccccc1-c1cc2[nH]c3ccccc3c2cc1C. The van der Waals surface area contributed by atoms with Gasteiger partial charge in [0, 0.05) is 21.8 Å². The summed E-state index contributed by atoms with van der Waals surface area (Å²) in [6, 6.07) is 21.7. The molecule has 1 aromatic heterocycles. The number of nitrogens with one attached hydrogen (secondary N) is 1. The lowest BCUT2D eigenvalue weighted by Gasteiger charge is -2.09. The van der Waals surface area contributed by atoms with Crippen molar-refractivity contribution in [2.75, 3.05) is 0 Å². The number of aromatic amines is 1. The third kappa shape index (κ3) is 1.85. The number of para-hydroxylation sites is 1. The van der Waals surface area contributed by atoms with Crippen molar-refractivity contribution >= 4 is 21.8 Å². The van der Waals surface area contributed by atoms with Crippen LogP contribution in [0.25, 0.3) is 32.9 Å². The molecule has 0 saturated carbocycles. The van der Waals surface area contributed by atoms with Crippen molar-refractivity contribution in [3.8, 4) is 11.1 Å². The minimum atomic E-state index is 1.20. The van der Waals surface area contributed by atoms with Gasteiger partial charge in [-0.2, -0.15) is 0 Å². The Hall–Kier alpha value is -2.54. The van der Waals surface area contributed by atoms with Crippen LogP contribution in [0.1, 0.15) is 11.1 Å². The van der Waals surface area contributed by atoms with Crippen LogP contribution in [0, 0.1) is 13.8 Å². The number of fused-ring (bicyclic) bond motifs is 3. The highest BCUT2D eigenvalue weighted by Gasteiger charge is 2.09. The van der Waals surface area contributed by atoms with Gasteiger partial charge in [0.05, 0.1) is 0 Å². The Kier molecular flexibility index (Phi) is 2.61. The Morgan fingerprint density at radius 3 is 2.24 bits per heavy atom. The van der Waals surface area contributed by atoms with Crippen LogP contribution in [-0.2, 0) is 0 Å². The number of rotatable bonds is 1. The first-order valence-electron chi connectivity index (χ1n) is 7.31. The minimum absolute atomic E-state index is 1.20. The summed E-state index contributed by atoms with van der Waals surface area (Å²) in [5, 5.41) is 2.60. The molecular formula is C20H17N. The smallest absolute Gasteiger partial charge is 0.0471 e. The Morgan fingerprint density at radius 1 is 0.619 bits per heavy atom. The van der Waals surface area contributed by atoms with Crippen molar-refractivity contribution < 1.29 is 0 Å². The lowest BCUT2D eigenvalue weighted by atomic mass is 9.95. The summed E-state index contributed by atoms with van der Waals surface area (Å²) in [6.07, 6.45) is 0. The lowest BCUT2D eigenvalue weighted by Crippen LogP contribution is -1.87. The first kappa shape index (κ1) is 12.2. The van der Waals surface area contributed by atoms with Gasteiger partial charge in [-0.15, -0.1) is 0 Å². The number of hydrogen-bond donors (Lipinski definition) is 1. The second-order valence-corrected chi connectivity index (χ2v) is 5.70. The van der Waals surface area contributed by atoms with E-state index in [4.69, 9.17) is 0 Å². The van der Waals surface area contributed by atoms with Crippen molar-refractivity contribution in [3.05, 3.63) is 71.8 Å². The van der Waals surface area contributed by atoms with Gasteiger partial charge in [0.15, 0.2) is 0 Å². The predicted molar refractivity (Wildman–Crippen MR) is 90.7 cm³/mol. The quantitative estimate of drug-likeness (QED) is 0.463. The third-order valence-corrected chi connectivity index (χ3v) is 4.29. The molecule has 0 aliphatic carbocycles. The maximum absolute atomic E-state index is 3.53. The summed E-state index contributed by atoms with van der Waals surface area (Å²) in [5.74, 6) is 0. The van der Waals surface area contributed by atoms with Crippen molar-refractivity contribution in [2.45, 2.75) is 13.8 Å². The molecule has 0 radical (unpaired) electrons. The van der Waals surface area contributed by atoms with E-state index in [9.17, 15) is 0 Å². The standard InChI is InChI=1S/C20H17N/c1-13-7-3-4-8-15(13)17-12-20-18(11-14(17)2)16-9-5-6-10-19(16)21-20/h3-12,21H,1-2H3. The molecular weight excluding hydrogens is 254 g/mol. The van der Waals surface area contributed by atoms with Gasteiger partial charge in [-0.25, -0.2) is 0 Å². The van der Waals surface area contributed by atoms with Crippen molar-refractivity contribution in [1.29, 1.82) is 0 Å². The topological polar surface area (TPSA) is 15.8 Å². The molecule has 0 atom stereocenters. The van der Waals surface area contributed by atoms with E-state index in [1.54, 1.807) is 0 Å². The molecule has 0 fully saturated rings. The molecule has 0 unspecified atom stereocenters. The Bertz CT molecular complexity index is 960. The molecule has 3 aromatic carbocycles. The molecule has 0 aliphatic rings. The number of benzene rings is 3. The highest BCUT2D eigenvalue weighted by atomic mass is 14.7. The predicted octanol–water partition coefficient (Wildman–Crippen LogP) is 5.60. The zero-order chi connectivity index (χ0) is 14.4. The van der Waals surface area contributed by atoms with Crippen LogP contribution in [-0.4, -0.2) is 4.98 Å². The molecule has 0 spiro atoms. The van der Waals surface area contributed by atoms with Gasteiger partial charge >= 0.3 is 0 Å². The summed E-state index contributed by atoms with van der Waals surface area (Å²) in [5.41, 5.74) is 7.68. The number of aryl methyl sites for hydroxylation is 2. The maximum atomic E-state index is 3.53. The second kappa shape index (κ2) is 4.49. The van der Waals surface area contributed by atoms with Crippen LogP contribution in [0.3, 0.4) is 0 Å². The van der Waals surface area contributed by atoms with E-state index >= 15 is 0 Å². The van der Waals surface area contributed by atoms with Crippen LogP contribution >= 0.6 is 0 Å². The van der Waals surface area contributed by atoms with E-state index in [0.29, 0.717) is 0 Å². The first-order valence-corrected chi connectivity index (χ1v) is 7.31. The van der Waals surface area contributed by atoms with E-state index in [-0.39, 0.29) is 0 Å². The van der Waals surface area contributed by atoms with Gasteiger partial charge in [-0.1, -0.05) is 42.5 Å². The van der Waals surface area contributed by atoms with Crippen LogP contribution in [0.2, 0.25) is 0 Å². The number of aromatic nitrogens is 1. The largest absolute Gasteiger partial charge is 0.354 e. The zero-order valence-corrected chi connectivity index (χ0v) is 12.3. The van der Waals surface area contributed by atoms with Crippen LogP contribution in [0.4, 0.5) is 0 Å². The van der Waals surface area contributed by atoms with Gasteiger partial charge in [0.25, 0.3) is 0 Å². The van der Waals surface area contributed by atoms with E-state index in [1.807, 2.05) is 0 Å². The maximum Gasteiger partial charge on any atom is 0.0471 e. The molecule has 0 saturated heterocycles. The molecule has 4 aromatic rings. The highest BCUT2D eigenvalue weighted by molar-refractivity contribution is 6.08. The van der Waals surface area contributed by atoms with Crippen molar-refractivity contribution in [3.63, 3.8) is 0 Å². The van der Waals surface area contributed by atoms with E-state index in [1.165, 1.54) is 44.1 Å². The molecule has 1 heterocycles. The average Bonchev–Trinajstić information content (AvgIpc) is 2.85. The fourth-order valence-electron chi connectivity index (χ4n) is 3.17. The van der Waals surface area contributed by atoms with Gasteiger partial charge in [0.1, 0.15) is 0 Å². The molecule has 0 bridgehead atoms.